The van der Waals surface area contributed by atoms with Crippen molar-refractivity contribution in [2.24, 2.45) is 0 Å². The fourth-order valence-electron chi connectivity index (χ4n) is 1.50. The second-order valence-electron chi connectivity index (χ2n) is 4.17. The smallest absolute Gasteiger partial charge is 0.341 e. The second kappa shape index (κ2) is 5.65. The first kappa shape index (κ1) is 14.9. The molecule has 1 rings (SSSR count). The Morgan fingerprint density at radius 3 is 2.11 bits per heavy atom. The van der Waals surface area contributed by atoms with Crippen molar-refractivity contribution in [3.05, 3.63) is 24.3 Å². The third kappa shape index (κ3) is 2.98. The van der Waals surface area contributed by atoms with Crippen molar-refractivity contribution in [3.8, 4) is 0 Å². The van der Waals surface area contributed by atoms with Crippen LogP contribution in [0.5, 0.6) is 0 Å². The lowest BCUT2D eigenvalue weighted by Gasteiger charge is -2.26. The van der Waals surface area contributed by atoms with Crippen LogP contribution in [0.2, 0.25) is 0 Å². The summed E-state index contributed by atoms with van der Waals surface area (Å²) in [6.07, 6.45) is 0.938. The number of hydrogen-bond acceptors (Lipinski definition) is 3. The molecule has 1 unspecified atom stereocenters. The standard InChI is InChI=1S/C12H17F2NO2S/c1-4-9(2)15(3)10-5-7-11(8-6-10)18(16,17)12(13)14/h5-9,12H,4H2,1-3H3. The van der Waals surface area contributed by atoms with Crippen molar-refractivity contribution in [2.75, 3.05) is 11.9 Å². The predicted molar refractivity (Wildman–Crippen MR) is 67.8 cm³/mol. The Morgan fingerprint density at radius 1 is 1.22 bits per heavy atom. The quantitative estimate of drug-likeness (QED) is 0.830. The second-order valence-corrected chi connectivity index (χ2v) is 6.09. The van der Waals surface area contributed by atoms with Crippen molar-refractivity contribution >= 4 is 15.5 Å². The number of rotatable bonds is 5. The van der Waals surface area contributed by atoms with Gasteiger partial charge in [0.05, 0.1) is 4.90 Å². The molecular formula is C12H17F2NO2S. The van der Waals surface area contributed by atoms with E-state index in [0.29, 0.717) is 6.04 Å². The Hall–Kier alpha value is -1.17. The Balaban J connectivity index is 3.01. The molecule has 3 nitrogen and oxygen atoms in total. The molecule has 1 aromatic rings. The van der Waals surface area contributed by atoms with Crippen molar-refractivity contribution in [2.45, 2.75) is 37.0 Å². The van der Waals surface area contributed by atoms with Gasteiger partial charge in [0.2, 0.25) is 9.84 Å². The Bertz CT molecular complexity index is 485. The predicted octanol–water partition coefficient (Wildman–Crippen LogP) is 2.92. The molecule has 0 aliphatic heterocycles. The molecule has 0 radical (unpaired) electrons. The summed E-state index contributed by atoms with van der Waals surface area (Å²) in [5, 5.41) is 0. The van der Waals surface area contributed by atoms with Crippen molar-refractivity contribution in [3.63, 3.8) is 0 Å². The van der Waals surface area contributed by atoms with Crippen LogP contribution in [-0.4, -0.2) is 27.3 Å². The molecule has 0 aliphatic rings. The minimum Gasteiger partial charge on any atom is -0.372 e. The summed E-state index contributed by atoms with van der Waals surface area (Å²) in [6.45, 7) is 4.07. The van der Waals surface area contributed by atoms with E-state index in [9.17, 15) is 17.2 Å². The SMILES string of the molecule is CCC(C)N(C)c1ccc(S(=O)(=O)C(F)F)cc1. The molecule has 0 fully saturated rings. The van der Waals surface area contributed by atoms with Gasteiger partial charge in [-0.2, -0.15) is 8.78 Å². The first-order valence-corrected chi connectivity index (χ1v) is 7.20. The number of sulfone groups is 1. The maximum atomic E-state index is 12.3. The van der Waals surface area contributed by atoms with Crippen LogP contribution in [0.1, 0.15) is 20.3 Å². The van der Waals surface area contributed by atoms with Gasteiger partial charge in [-0.05, 0) is 37.6 Å². The molecule has 0 aromatic heterocycles. The summed E-state index contributed by atoms with van der Waals surface area (Å²) in [5.74, 6) is -3.38. The summed E-state index contributed by atoms with van der Waals surface area (Å²) in [7, 11) is -2.62. The third-order valence-corrected chi connectivity index (χ3v) is 4.46. The van der Waals surface area contributed by atoms with Gasteiger partial charge in [0, 0.05) is 18.8 Å². The molecule has 1 aromatic carbocycles. The highest BCUT2D eigenvalue weighted by atomic mass is 32.2. The summed E-state index contributed by atoms with van der Waals surface area (Å²) < 4.78 is 47.2. The number of benzene rings is 1. The van der Waals surface area contributed by atoms with E-state index < -0.39 is 15.6 Å². The lowest BCUT2D eigenvalue weighted by molar-refractivity contribution is 0.234. The lowest BCUT2D eigenvalue weighted by atomic mass is 10.2. The van der Waals surface area contributed by atoms with Gasteiger partial charge in [0.15, 0.2) is 0 Å². The molecule has 0 amide bonds. The minimum atomic E-state index is -4.50. The minimum absolute atomic E-state index is 0.294. The highest BCUT2D eigenvalue weighted by Crippen LogP contribution is 2.22. The number of halogens is 2. The van der Waals surface area contributed by atoms with Crippen LogP contribution in [0.4, 0.5) is 14.5 Å². The molecule has 6 heteroatoms. The summed E-state index contributed by atoms with van der Waals surface area (Å²) in [5.41, 5.74) is 0.803. The number of alkyl halides is 2. The molecule has 0 spiro atoms. The molecule has 0 saturated carbocycles. The third-order valence-electron chi connectivity index (χ3n) is 3.06. The maximum absolute atomic E-state index is 12.3. The van der Waals surface area contributed by atoms with Gasteiger partial charge in [0.1, 0.15) is 0 Å². The van der Waals surface area contributed by atoms with E-state index in [4.69, 9.17) is 0 Å². The molecule has 102 valence electrons. The van der Waals surface area contributed by atoms with Crippen LogP contribution in [0.3, 0.4) is 0 Å². The first-order valence-electron chi connectivity index (χ1n) is 5.65. The monoisotopic (exact) mass is 277 g/mol. The molecule has 1 atom stereocenters. The fourth-order valence-corrected chi connectivity index (χ4v) is 2.22. The lowest BCUT2D eigenvalue weighted by Crippen LogP contribution is -2.27. The topological polar surface area (TPSA) is 37.4 Å². The zero-order valence-electron chi connectivity index (χ0n) is 10.6. The number of nitrogens with zero attached hydrogens (tertiary/aromatic N) is 1. The van der Waals surface area contributed by atoms with E-state index in [1.807, 2.05) is 25.8 Å². The van der Waals surface area contributed by atoms with Crippen LogP contribution in [0.25, 0.3) is 0 Å². The van der Waals surface area contributed by atoms with E-state index in [0.717, 1.165) is 12.1 Å². The number of anilines is 1. The van der Waals surface area contributed by atoms with Crippen molar-refractivity contribution in [1.29, 1.82) is 0 Å². The molecule has 0 bridgehead atoms. The van der Waals surface area contributed by atoms with E-state index in [2.05, 4.69) is 0 Å². The zero-order valence-corrected chi connectivity index (χ0v) is 11.4. The van der Waals surface area contributed by atoms with Gasteiger partial charge < -0.3 is 4.90 Å². The zero-order chi connectivity index (χ0) is 13.9. The van der Waals surface area contributed by atoms with Crippen LogP contribution in [0, 0.1) is 0 Å². The highest BCUT2D eigenvalue weighted by molar-refractivity contribution is 7.91. The van der Waals surface area contributed by atoms with Crippen molar-refractivity contribution < 1.29 is 17.2 Å². The summed E-state index contributed by atoms with van der Waals surface area (Å²) in [4.78, 5) is 1.62. The van der Waals surface area contributed by atoms with Crippen LogP contribution in [-0.2, 0) is 9.84 Å². The van der Waals surface area contributed by atoms with E-state index >= 15 is 0 Å². The number of hydrogen-bond donors (Lipinski definition) is 0. The van der Waals surface area contributed by atoms with Crippen LogP contribution >= 0.6 is 0 Å². The van der Waals surface area contributed by atoms with Crippen molar-refractivity contribution in [1.82, 2.24) is 0 Å². The average molecular weight is 277 g/mol. The van der Waals surface area contributed by atoms with Gasteiger partial charge in [-0.1, -0.05) is 6.92 Å². The molecular weight excluding hydrogens is 260 g/mol. The van der Waals surface area contributed by atoms with Crippen LogP contribution < -0.4 is 4.90 Å². The summed E-state index contributed by atoms with van der Waals surface area (Å²) >= 11 is 0. The van der Waals surface area contributed by atoms with E-state index in [1.54, 1.807) is 12.1 Å². The van der Waals surface area contributed by atoms with Crippen LogP contribution in [0.15, 0.2) is 29.2 Å². The van der Waals surface area contributed by atoms with Gasteiger partial charge >= 0.3 is 5.76 Å². The Kier molecular flexibility index (Phi) is 4.67. The molecule has 0 saturated heterocycles. The summed E-state index contributed by atoms with van der Waals surface area (Å²) in [6, 6.07) is 5.82. The Labute approximate surface area is 106 Å². The fraction of sp³-hybridized carbons (Fsp3) is 0.500. The molecule has 18 heavy (non-hydrogen) atoms. The molecule has 0 N–H and O–H groups in total. The highest BCUT2D eigenvalue weighted by Gasteiger charge is 2.26. The maximum Gasteiger partial charge on any atom is 0.341 e. The van der Waals surface area contributed by atoms with Gasteiger partial charge in [-0.3, -0.25) is 0 Å². The van der Waals surface area contributed by atoms with Gasteiger partial charge in [-0.15, -0.1) is 0 Å². The normalized spacial score (nSPS) is 13.7. The molecule has 0 aliphatic carbocycles. The first-order chi connectivity index (χ1) is 8.30. The van der Waals surface area contributed by atoms with E-state index in [1.165, 1.54) is 12.1 Å². The largest absolute Gasteiger partial charge is 0.372 e. The molecule has 0 heterocycles. The van der Waals surface area contributed by atoms with E-state index in [-0.39, 0.29) is 4.90 Å². The van der Waals surface area contributed by atoms with Gasteiger partial charge in [-0.25, -0.2) is 8.42 Å². The van der Waals surface area contributed by atoms with Gasteiger partial charge in [0.25, 0.3) is 0 Å². The average Bonchev–Trinajstić information content (AvgIpc) is 2.36. The Morgan fingerprint density at radius 2 is 1.72 bits per heavy atom.